The summed E-state index contributed by atoms with van der Waals surface area (Å²) < 4.78 is 5.70. The summed E-state index contributed by atoms with van der Waals surface area (Å²) >= 11 is 0. The van der Waals surface area contributed by atoms with Gasteiger partial charge in [-0.3, -0.25) is 4.98 Å². The summed E-state index contributed by atoms with van der Waals surface area (Å²) in [4.78, 5) is 4.53. The lowest BCUT2D eigenvalue weighted by Crippen LogP contribution is -2.33. The molecule has 1 aliphatic rings. The van der Waals surface area contributed by atoms with E-state index in [0.29, 0.717) is 0 Å². The predicted molar refractivity (Wildman–Crippen MR) is 75.0 cm³/mol. The monoisotopic (exact) mass is 254 g/mol. The van der Waals surface area contributed by atoms with E-state index >= 15 is 0 Å². The van der Waals surface area contributed by atoms with Crippen LogP contribution in [0.5, 0.6) is 0 Å². The molecule has 1 unspecified atom stereocenters. The molecule has 1 aromatic heterocycles. The van der Waals surface area contributed by atoms with Crippen molar-refractivity contribution in [3.63, 3.8) is 0 Å². The van der Waals surface area contributed by atoms with Gasteiger partial charge in [0.25, 0.3) is 0 Å². The van der Waals surface area contributed by atoms with Gasteiger partial charge in [0.15, 0.2) is 0 Å². The van der Waals surface area contributed by atoms with Crippen LogP contribution in [0.1, 0.15) is 22.9 Å². The Bertz CT molecular complexity index is 504. The highest BCUT2D eigenvalue weighted by Gasteiger charge is 2.16. The molecule has 1 aliphatic heterocycles. The molecule has 3 rings (SSSR count). The SMILES string of the molecule is c1ccc(Cc2ccc(C3CNCCO3)nc2)cc1. The van der Waals surface area contributed by atoms with Crippen LogP contribution < -0.4 is 5.32 Å². The van der Waals surface area contributed by atoms with E-state index in [1.165, 1.54) is 11.1 Å². The maximum absolute atomic E-state index is 5.70. The topological polar surface area (TPSA) is 34.1 Å². The number of ether oxygens (including phenoxy) is 1. The molecular weight excluding hydrogens is 236 g/mol. The van der Waals surface area contributed by atoms with E-state index in [9.17, 15) is 0 Å². The van der Waals surface area contributed by atoms with Crippen LogP contribution in [0.2, 0.25) is 0 Å². The molecule has 3 nitrogen and oxygen atoms in total. The largest absolute Gasteiger partial charge is 0.369 e. The second kappa shape index (κ2) is 5.95. The molecule has 0 saturated carbocycles. The van der Waals surface area contributed by atoms with Crippen molar-refractivity contribution in [3.8, 4) is 0 Å². The maximum atomic E-state index is 5.70. The Morgan fingerprint density at radius 2 is 2.00 bits per heavy atom. The van der Waals surface area contributed by atoms with E-state index in [1.54, 1.807) is 0 Å². The molecule has 1 fully saturated rings. The van der Waals surface area contributed by atoms with Crippen molar-refractivity contribution >= 4 is 0 Å². The Morgan fingerprint density at radius 1 is 1.11 bits per heavy atom. The molecule has 19 heavy (non-hydrogen) atoms. The quantitative estimate of drug-likeness (QED) is 0.913. The van der Waals surface area contributed by atoms with Gasteiger partial charge >= 0.3 is 0 Å². The Kier molecular flexibility index (Phi) is 3.86. The lowest BCUT2D eigenvalue weighted by atomic mass is 10.1. The summed E-state index contributed by atoms with van der Waals surface area (Å²) in [6, 6.07) is 14.7. The highest BCUT2D eigenvalue weighted by molar-refractivity contribution is 5.25. The van der Waals surface area contributed by atoms with Gasteiger partial charge in [0.2, 0.25) is 0 Å². The minimum Gasteiger partial charge on any atom is -0.369 e. The van der Waals surface area contributed by atoms with Crippen molar-refractivity contribution in [2.24, 2.45) is 0 Å². The van der Waals surface area contributed by atoms with Crippen molar-refractivity contribution in [1.29, 1.82) is 0 Å². The van der Waals surface area contributed by atoms with E-state index in [1.807, 2.05) is 12.3 Å². The zero-order valence-corrected chi connectivity index (χ0v) is 10.9. The highest BCUT2D eigenvalue weighted by Crippen LogP contribution is 2.17. The number of rotatable bonds is 3. The molecule has 0 bridgehead atoms. The van der Waals surface area contributed by atoms with Crippen molar-refractivity contribution in [2.45, 2.75) is 12.5 Å². The van der Waals surface area contributed by atoms with Crippen LogP contribution in [-0.2, 0) is 11.2 Å². The second-order valence-electron chi connectivity index (χ2n) is 4.82. The number of nitrogens with zero attached hydrogens (tertiary/aromatic N) is 1. The predicted octanol–water partition coefficient (Wildman–Crippen LogP) is 2.33. The molecule has 0 amide bonds. The molecule has 1 N–H and O–H groups in total. The van der Waals surface area contributed by atoms with Crippen LogP contribution in [-0.4, -0.2) is 24.7 Å². The summed E-state index contributed by atoms with van der Waals surface area (Å²) in [5.41, 5.74) is 3.57. The van der Waals surface area contributed by atoms with Gasteiger partial charge in [0, 0.05) is 19.3 Å². The van der Waals surface area contributed by atoms with Gasteiger partial charge in [-0.2, -0.15) is 0 Å². The number of pyridine rings is 1. The normalized spacial score (nSPS) is 19.3. The number of nitrogens with one attached hydrogen (secondary N) is 1. The van der Waals surface area contributed by atoms with Gasteiger partial charge in [-0.05, 0) is 23.6 Å². The van der Waals surface area contributed by atoms with Gasteiger partial charge in [0.1, 0.15) is 6.10 Å². The second-order valence-corrected chi connectivity index (χ2v) is 4.82. The lowest BCUT2D eigenvalue weighted by molar-refractivity contribution is 0.0250. The average molecular weight is 254 g/mol. The van der Waals surface area contributed by atoms with Crippen LogP contribution in [0, 0.1) is 0 Å². The molecule has 2 aromatic rings. The van der Waals surface area contributed by atoms with Crippen LogP contribution in [0.15, 0.2) is 48.7 Å². The molecule has 1 saturated heterocycles. The Labute approximate surface area is 113 Å². The summed E-state index contributed by atoms with van der Waals surface area (Å²) in [5, 5.41) is 3.32. The number of morpholine rings is 1. The van der Waals surface area contributed by atoms with E-state index in [0.717, 1.165) is 31.8 Å². The molecular formula is C16H18N2O. The van der Waals surface area contributed by atoms with Crippen LogP contribution in [0.4, 0.5) is 0 Å². The molecule has 98 valence electrons. The zero-order chi connectivity index (χ0) is 12.9. The molecule has 0 aliphatic carbocycles. The third kappa shape index (κ3) is 3.19. The molecule has 1 aromatic carbocycles. The number of hydrogen-bond acceptors (Lipinski definition) is 3. The van der Waals surface area contributed by atoms with Gasteiger partial charge in [-0.15, -0.1) is 0 Å². The van der Waals surface area contributed by atoms with Crippen molar-refractivity contribution in [1.82, 2.24) is 10.3 Å². The fraction of sp³-hybridized carbons (Fsp3) is 0.312. The van der Waals surface area contributed by atoms with Crippen LogP contribution in [0.3, 0.4) is 0 Å². The minimum atomic E-state index is 0.0968. The van der Waals surface area contributed by atoms with E-state index in [2.05, 4.69) is 46.7 Å². The molecule has 0 radical (unpaired) electrons. The Morgan fingerprint density at radius 3 is 2.68 bits per heavy atom. The van der Waals surface area contributed by atoms with Crippen LogP contribution in [0.25, 0.3) is 0 Å². The fourth-order valence-electron chi connectivity index (χ4n) is 2.32. The summed E-state index contributed by atoms with van der Waals surface area (Å²) in [6.07, 6.45) is 2.98. The first-order valence-corrected chi connectivity index (χ1v) is 6.73. The zero-order valence-electron chi connectivity index (χ0n) is 10.9. The average Bonchev–Trinajstić information content (AvgIpc) is 2.50. The maximum Gasteiger partial charge on any atom is 0.112 e. The third-order valence-electron chi connectivity index (χ3n) is 3.36. The molecule has 2 heterocycles. The van der Waals surface area contributed by atoms with Crippen molar-refractivity contribution in [3.05, 3.63) is 65.5 Å². The van der Waals surface area contributed by atoms with Crippen LogP contribution >= 0.6 is 0 Å². The summed E-state index contributed by atoms with van der Waals surface area (Å²) in [6.45, 7) is 2.55. The number of benzene rings is 1. The first-order chi connectivity index (χ1) is 9.42. The first kappa shape index (κ1) is 12.3. The van der Waals surface area contributed by atoms with Crippen molar-refractivity contribution in [2.75, 3.05) is 19.7 Å². The van der Waals surface area contributed by atoms with E-state index in [-0.39, 0.29) is 6.10 Å². The molecule has 1 atom stereocenters. The van der Waals surface area contributed by atoms with Gasteiger partial charge < -0.3 is 10.1 Å². The third-order valence-corrected chi connectivity index (χ3v) is 3.36. The summed E-state index contributed by atoms with van der Waals surface area (Å²) in [7, 11) is 0. The first-order valence-electron chi connectivity index (χ1n) is 6.73. The van der Waals surface area contributed by atoms with E-state index in [4.69, 9.17) is 4.74 Å². The molecule has 3 heteroatoms. The Hall–Kier alpha value is -1.71. The summed E-state index contributed by atoms with van der Waals surface area (Å²) in [5.74, 6) is 0. The molecule has 0 spiro atoms. The number of aromatic nitrogens is 1. The fourth-order valence-corrected chi connectivity index (χ4v) is 2.32. The Balaban J connectivity index is 1.68. The lowest BCUT2D eigenvalue weighted by Gasteiger charge is -2.23. The minimum absolute atomic E-state index is 0.0968. The smallest absolute Gasteiger partial charge is 0.112 e. The standard InChI is InChI=1S/C16H18N2O/c1-2-4-13(5-3-1)10-14-6-7-15(18-11-14)16-12-17-8-9-19-16/h1-7,11,16-17H,8-10,12H2. The van der Waals surface area contributed by atoms with Gasteiger partial charge in [0.05, 0.1) is 12.3 Å². The van der Waals surface area contributed by atoms with E-state index < -0.39 is 0 Å². The highest BCUT2D eigenvalue weighted by atomic mass is 16.5. The number of hydrogen-bond donors (Lipinski definition) is 1. The van der Waals surface area contributed by atoms with Crippen molar-refractivity contribution < 1.29 is 4.74 Å². The van der Waals surface area contributed by atoms with Gasteiger partial charge in [-0.1, -0.05) is 36.4 Å². The van der Waals surface area contributed by atoms with Gasteiger partial charge in [-0.25, -0.2) is 0 Å².